The molecule has 3 heteroatoms. The molecule has 0 fully saturated rings. The molecule has 13 aromatic rings. The maximum Gasteiger partial charge on any atom is 0.143 e. The van der Waals surface area contributed by atoms with Gasteiger partial charge in [0.1, 0.15) is 11.2 Å². The highest BCUT2D eigenvalue weighted by Gasteiger charge is 2.19. The maximum atomic E-state index is 6.62. The van der Waals surface area contributed by atoms with Crippen molar-refractivity contribution in [3.63, 3.8) is 0 Å². The predicted octanol–water partition coefficient (Wildman–Crippen LogP) is 17.5. The fraction of sp³-hybridized carbons (Fsp3) is 0. The van der Waals surface area contributed by atoms with E-state index in [1.165, 1.54) is 49.1 Å². The van der Waals surface area contributed by atoms with Crippen molar-refractivity contribution in [1.29, 1.82) is 0 Å². The van der Waals surface area contributed by atoms with Crippen LogP contribution in [0, 0.1) is 0 Å². The lowest BCUT2D eigenvalue weighted by Crippen LogP contribution is -2.10. The summed E-state index contributed by atoms with van der Waals surface area (Å²) in [6.07, 6.45) is 0. The lowest BCUT2D eigenvalue weighted by molar-refractivity contribution is 0.673. The Balaban J connectivity index is 0.926. The van der Waals surface area contributed by atoms with Gasteiger partial charge in [-0.15, -0.1) is 0 Å². The molecule has 0 amide bonds. The number of hydrogen-bond acceptors (Lipinski definition) is 2. The fourth-order valence-electron chi connectivity index (χ4n) is 10.1. The lowest BCUT2D eigenvalue weighted by Gasteiger charge is -2.26. The number of aromatic nitrogens is 1. The van der Waals surface area contributed by atoms with E-state index in [1.54, 1.807) is 0 Å². The molecular weight excluding hydrogens is 789 g/mol. The molecule has 0 radical (unpaired) electrons. The molecule has 0 N–H and O–H groups in total. The number of furan rings is 1. The van der Waals surface area contributed by atoms with E-state index >= 15 is 0 Å². The first kappa shape index (κ1) is 36.9. The molecule has 2 aromatic heterocycles. The summed E-state index contributed by atoms with van der Waals surface area (Å²) in [7, 11) is 0. The summed E-state index contributed by atoms with van der Waals surface area (Å²) in [5.41, 5.74) is 15.6. The van der Waals surface area contributed by atoms with Crippen LogP contribution in [0.3, 0.4) is 0 Å². The Hall–Kier alpha value is -8.66. The minimum absolute atomic E-state index is 0.887. The monoisotopic (exact) mass is 828 g/mol. The summed E-state index contributed by atoms with van der Waals surface area (Å²) in [6.45, 7) is 0. The van der Waals surface area contributed by atoms with Gasteiger partial charge in [0.2, 0.25) is 0 Å². The van der Waals surface area contributed by atoms with E-state index in [-0.39, 0.29) is 0 Å². The summed E-state index contributed by atoms with van der Waals surface area (Å²) in [5.74, 6) is 0. The van der Waals surface area contributed by atoms with Crippen LogP contribution in [-0.2, 0) is 0 Å². The Morgan fingerprint density at radius 1 is 0.323 bits per heavy atom. The van der Waals surface area contributed by atoms with Crippen LogP contribution in [0.5, 0.6) is 0 Å². The van der Waals surface area contributed by atoms with Crippen LogP contribution in [0.25, 0.3) is 104 Å². The molecule has 0 aliphatic rings. The summed E-state index contributed by atoms with van der Waals surface area (Å²) in [5, 5.41) is 9.56. The molecule has 0 aliphatic heterocycles. The van der Waals surface area contributed by atoms with Crippen LogP contribution >= 0.6 is 0 Å². The Morgan fingerprint density at radius 3 is 1.65 bits per heavy atom. The van der Waals surface area contributed by atoms with Crippen molar-refractivity contribution in [1.82, 2.24) is 4.57 Å². The zero-order valence-corrected chi connectivity index (χ0v) is 35.4. The smallest absolute Gasteiger partial charge is 0.143 e. The lowest BCUT2D eigenvalue weighted by atomic mass is 9.97. The highest BCUT2D eigenvalue weighted by Crippen LogP contribution is 2.43. The van der Waals surface area contributed by atoms with Crippen molar-refractivity contribution < 1.29 is 4.42 Å². The number of hydrogen-bond donors (Lipinski definition) is 0. The second-order valence-electron chi connectivity index (χ2n) is 16.9. The van der Waals surface area contributed by atoms with E-state index < -0.39 is 0 Å². The summed E-state index contributed by atoms with van der Waals surface area (Å²) in [6, 6.07) is 87.7. The Kier molecular flexibility index (Phi) is 8.53. The average Bonchev–Trinajstić information content (AvgIpc) is 3.94. The average molecular weight is 829 g/mol. The maximum absolute atomic E-state index is 6.62. The van der Waals surface area contributed by atoms with E-state index in [1.807, 2.05) is 0 Å². The van der Waals surface area contributed by atoms with Crippen LogP contribution in [0.1, 0.15) is 0 Å². The van der Waals surface area contributed by atoms with E-state index in [0.717, 1.165) is 72.3 Å². The zero-order valence-electron chi connectivity index (χ0n) is 35.4. The molecule has 13 rings (SSSR count). The molecular formula is C62H40N2O. The number of nitrogens with zero attached hydrogens (tertiary/aromatic N) is 2. The topological polar surface area (TPSA) is 21.3 Å². The molecule has 0 unspecified atom stereocenters. The van der Waals surface area contributed by atoms with Crippen molar-refractivity contribution in [3.8, 4) is 39.1 Å². The van der Waals surface area contributed by atoms with Gasteiger partial charge in [0.05, 0.1) is 11.0 Å². The number of rotatable bonds is 7. The Labute approximate surface area is 376 Å². The molecule has 3 nitrogen and oxygen atoms in total. The molecule has 0 bridgehead atoms. The molecule has 65 heavy (non-hydrogen) atoms. The first-order chi connectivity index (χ1) is 32.2. The highest BCUT2D eigenvalue weighted by molar-refractivity contribution is 6.19. The second kappa shape index (κ2) is 15.0. The third-order valence-electron chi connectivity index (χ3n) is 13.2. The van der Waals surface area contributed by atoms with Gasteiger partial charge in [-0.3, -0.25) is 0 Å². The zero-order chi connectivity index (χ0) is 42.8. The van der Waals surface area contributed by atoms with Gasteiger partial charge in [0.15, 0.2) is 0 Å². The minimum Gasteiger partial charge on any atom is -0.455 e. The van der Waals surface area contributed by atoms with Gasteiger partial charge >= 0.3 is 0 Å². The molecule has 0 spiro atoms. The van der Waals surface area contributed by atoms with Crippen LogP contribution < -0.4 is 4.90 Å². The molecule has 0 saturated carbocycles. The Morgan fingerprint density at radius 2 is 0.892 bits per heavy atom. The quantitative estimate of drug-likeness (QED) is 0.160. The Bertz CT molecular complexity index is 3890. The molecule has 0 aliphatic carbocycles. The van der Waals surface area contributed by atoms with Gasteiger partial charge in [0, 0.05) is 49.7 Å². The van der Waals surface area contributed by atoms with E-state index in [4.69, 9.17) is 4.42 Å². The van der Waals surface area contributed by atoms with Crippen LogP contribution in [0.4, 0.5) is 17.1 Å². The van der Waals surface area contributed by atoms with Crippen molar-refractivity contribution in [3.05, 3.63) is 243 Å². The van der Waals surface area contributed by atoms with E-state index in [9.17, 15) is 0 Å². The molecule has 0 saturated heterocycles. The minimum atomic E-state index is 0.887. The summed E-state index contributed by atoms with van der Waals surface area (Å²) < 4.78 is 9.00. The molecule has 304 valence electrons. The van der Waals surface area contributed by atoms with Crippen molar-refractivity contribution in [2.24, 2.45) is 0 Å². The van der Waals surface area contributed by atoms with Crippen LogP contribution in [-0.4, -0.2) is 4.57 Å². The number of fused-ring (bicyclic) bond motifs is 9. The van der Waals surface area contributed by atoms with Gasteiger partial charge in [-0.2, -0.15) is 0 Å². The first-order valence-electron chi connectivity index (χ1n) is 22.2. The third kappa shape index (κ3) is 6.12. The molecule has 2 heterocycles. The van der Waals surface area contributed by atoms with E-state index in [2.05, 4.69) is 252 Å². The molecule has 11 aromatic carbocycles. The van der Waals surface area contributed by atoms with Crippen molar-refractivity contribution in [2.45, 2.75) is 0 Å². The predicted molar refractivity (Wildman–Crippen MR) is 274 cm³/mol. The summed E-state index contributed by atoms with van der Waals surface area (Å²) >= 11 is 0. The van der Waals surface area contributed by atoms with Gasteiger partial charge in [0.25, 0.3) is 0 Å². The van der Waals surface area contributed by atoms with E-state index in [0.29, 0.717) is 0 Å². The highest BCUT2D eigenvalue weighted by atomic mass is 16.3. The fourth-order valence-corrected chi connectivity index (χ4v) is 10.1. The van der Waals surface area contributed by atoms with Gasteiger partial charge < -0.3 is 13.9 Å². The number of anilines is 3. The van der Waals surface area contributed by atoms with Gasteiger partial charge in [-0.1, -0.05) is 170 Å². The molecule has 0 atom stereocenters. The van der Waals surface area contributed by atoms with Gasteiger partial charge in [-0.25, -0.2) is 0 Å². The summed E-state index contributed by atoms with van der Waals surface area (Å²) in [4.78, 5) is 2.37. The SMILES string of the molecule is c1cc(-c2cccc3oc4c5ccccc5ccc4c23)cc(N(c2ccc(-c3cccc(-n4c5ccccc5c5ccccc54)c3)cc2)c2ccc(-c3cccc4ccccc34)cc2)c1. The number of para-hydroxylation sites is 2. The van der Waals surface area contributed by atoms with Gasteiger partial charge in [-0.05, 0) is 122 Å². The number of benzene rings is 11. The van der Waals surface area contributed by atoms with Crippen LogP contribution in [0.15, 0.2) is 247 Å². The first-order valence-corrected chi connectivity index (χ1v) is 22.2. The largest absolute Gasteiger partial charge is 0.455 e. The van der Waals surface area contributed by atoms with Crippen molar-refractivity contribution >= 4 is 82.4 Å². The second-order valence-corrected chi connectivity index (χ2v) is 16.9. The third-order valence-corrected chi connectivity index (χ3v) is 13.2. The standard InChI is InChI=1S/C62H40N2O/c1-3-20-51-42(13-1)15-11-24-52(51)44-31-36-48(37-32-44)63(49-18-10-17-46(40-49)53-25-12-28-60-61(53)57-38-33-43-14-2-4-21-54(43)62(57)65-60)47-34-29-41(30-35-47)45-16-9-19-50(39-45)64-58-26-7-5-22-55(58)56-23-6-8-27-59(56)64/h1-40H. The van der Waals surface area contributed by atoms with Crippen LogP contribution in [0.2, 0.25) is 0 Å². The normalized spacial score (nSPS) is 11.7. The van der Waals surface area contributed by atoms with Crippen molar-refractivity contribution in [2.75, 3.05) is 4.90 Å².